The largest absolute Gasteiger partial charge is 0.435 e. The maximum atomic E-state index is 13.7. The standard InChI is InChI=1S/C26H29F5N8O2/c1-3-16-10-17(4-5-18(16)25(40)34-7-9-41-14-15(2)32)36-23-24-35-11-20(39(24)8-6-33-23)19-12-38(13-21(27)28)37-22(19)26(29,30)31/h4-6,8,10-12,15,21H,3,7,9,13-14,32H2,1-2H3,(H,33,36)(H,34,40)/t15-/m1/s1. The Morgan fingerprint density at radius 2 is 2.00 bits per heavy atom. The van der Waals surface area contributed by atoms with Gasteiger partial charge < -0.3 is 21.1 Å². The summed E-state index contributed by atoms with van der Waals surface area (Å²) in [6.45, 7) is 3.77. The molecular formula is C26H29F5N8O2. The van der Waals surface area contributed by atoms with Crippen molar-refractivity contribution in [1.82, 2.24) is 29.5 Å². The summed E-state index contributed by atoms with van der Waals surface area (Å²) in [6.07, 6.45) is -2.30. The van der Waals surface area contributed by atoms with E-state index in [1.165, 1.54) is 23.0 Å². The number of aryl methyl sites for hydroxylation is 1. The van der Waals surface area contributed by atoms with E-state index in [0.717, 1.165) is 11.8 Å². The third kappa shape index (κ3) is 7.16. The molecule has 1 aromatic carbocycles. The molecule has 0 fully saturated rings. The van der Waals surface area contributed by atoms with Crippen molar-refractivity contribution < 1.29 is 31.5 Å². The van der Waals surface area contributed by atoms with Crippen LogP contribution in [0.15, 0.2) is 43.0 Å². The van der Waals surface area contributed by atoms with Crippen LogP contribution in [-0.2, 0) is 23.9 Å². The van der Waals surface area contributed by atoms with Crippen LogP contribution < -0.4 is 16.4 Å². The van der Waals surface area contributed by atoms with Gasteiger partial charge in [0.15, 0.2) is 17.2 Å². The number of carbonyl (C=O) groups excluding carboxylic acids is 1. The molecule has 0 radical (unpaired) electrons. The van der Waals surface area contributed by atoms with E-state index in [1.807, 2.05) is 13.8 Å². The lowest BCUT2D eigenvalue weighted by molar-refractivity contribution is -0.141. The Labute approximate surface area is 231 Å². The van der Waals surface area contributed by atoms with Gasteiger partial charge in [0, 0.05) is 42.4 Å². The second-order valence-electron chi connectivity index (χ2n) is 9.27. The van der Waals surface area contributed by atoms with Gasteiger partial charge in [-0.1, -0.05) is 6.92 Å². The number of anilines is 2. The van der Waals surface area contributed by atoms with Crippen molar-refractivity contribution in [3.63, 3.8) is 0 Å². The number of amides is 1. The number of nitrogens with two attached hydrogens (primary N) is 1. The summed E-state index contributed by atoms with van der Waals surface area (Å²) in [7, 11) is 0. The molecule has 0 bridgehead atoms. The zero-order valence-electron chi connectivity index (χ0n) is 22.3. The van der Waals surface area contributed by atoms with E-state index in [2.05, 4.69) is 25.7 Å². The zero-order valence-corrected chi connectivity index (χ0v) is 22.3. The number of nitrogens with zero attached hydrogens (tertiary/aromatic N) is 5. The number of carbonyl (C=O) groups is 1. The van der Waals surface area contributed by atoms with E-state index < -0.39 is 30.4 Å². The summed E-state index contributed by atoms with van der Waals surface area (Å²) in [5.74, 6) is -0.0263. The van der Waals surface area contributed by atoms with Gasteiger partial charge >= 0.3 is 6.18 Å². The SMILES string of the molecule is CCc1cc(Nc2nccn3c(-c4cn(CC(F)F)nc4C(F)(F)F)cnc23)ccc1C(=O)NCCOC[C@@H](C)N. The summed E-state index contributed by atoms with van der Waals surface area (Å²) < 4.78 is 74.1. The highest BCUT2D eigenvalue weighted by molar-refractivity contribution is 5.96. The fraction of sp³-hybridized carbons (Fsp3) is 0.385. The van der Waals surface area contributed by atoms with E-state index in [9.17, 15) is 26.7 Å². The van der Waals surface area contributed by atoms with Gasteiger partial charge in [0.1, 0.15) is 6.54 Å². The minimum absolute atomic E-state index is 0.00413. The van der Waals surface area contributed by atoms with Gasteiger partial charge in [-0.2, -0.15) is 18.3 Å². The van der Waals surface area contributed by atoms with Crippen LogP contribution in [0.2, 0.25) is 0 Å². The molecule has 0 unspecified atom stereocenters. The molecule has 0 aliphatic heterocycles. The zero-order chi connectivity index (χ0) is 29.7. The Morgan fingerprint density at radius 3 is 2.68 bits per heavy atom. The number of benzene rings is 1. The van der Waals surface area contributed by atoms with Crippen molar-refractivity contribution in [3.05, 3.63) is 59.8 Å². The average molecular weight is 581 g/mol. The number of ether oxygens (including phenoxy) is 1. The lowest BCUT2D eigenvalue weighted by Crippen LogP contribution is -2.30. The van der Waals surface area contributed by atoms with Gasteiger partial charge in [0.2, 0.25) is 0 Å². The molecule has 4 N–H and O–H groups in total. The number of rotatable bonds is 12. The summed E-state index contributed by atoms with van der Waals surface area (Å²) >= 11 is 0. The first-order chi connectivity index (χ1) is 19.5. The molecular weight excluding hydrogens is 551 g/mol. The number of nitrogens with one attached hydrogen (secondary N) is 2. The fourth-order valence-electron chi connectivity index (χ4n) is 4.18. The van der Waals surface area contributed by atoms with Gasteiger partial charge in [-0.3, -0.25) is 13.9 Å². The molecule has 0 aliphatic rings. The van der Waals surface area contributed by atoms with E-state index >= 15 is 0 Å². The van der Waals surface area contributed by atoms with Crippen LogP contribution in [-0.4, -0.2) is 62.3 Å². The predicted octanol–water partition coefficient (Wildman–Crippen LogP) is 4.28. The van der Waals surface area contributed by atoms with Crippen molar-refractivity contribution in [3.8, 4) is 11.3 Å². The number of imidazole rings is 1. The van der Waals surface area contributed by atoms with Crippen LogP contribution in [0.4, 0.5) is 33.5 Å². The molecule has 0 saturated heterocycles. The van der Waals surface area contributed by atoms with Crippen LogP contribution in [0.25, 0.3) is 16.9 Å². The highest BCUT2D eigenvalue weighted by Crippen LogP contribution is 2.37. The second kappa shape index (κ2) is 12.6. The monoisotopic (exact) mass is 580 g/mol. The first-order valence-corrected chi connectivity index (χ1v) is 12.7. The third-order valence-electron chi connectivity index (χ3n) is 5.97. The molecule has 4 rings (SSSR count). The molecule has 0 aliphatic carbocycles. The van der Waals surface area contributed by atoms with E-state index in [-0.39, 0.29) is 29.1 Å². The van der Waals surface area contributed by atoms with Crippen LogP contribution in [0, 0.1) is 0 Å². The molecule has 41 heavy (non-hydrogen) atoms. The minimum Gasteiger partial charge on any atom is -0.378 e. The van der Waals surface area contributed by atoms with Gasteiger partial charge in [0.05, 0.1) is 30.7 Å². The fourth-order valence-corrected chi connectivity index (χ4v) is 4.18. The predicted molar refractivity (Wildman–Crippen MR) is 141 cm³/mol. The summed E-state index contributed by atoms with van der Waals surface area (Å²) in [4.78, 5) is 21.2. The number of hydrogen-bond acceptors (Lipinski definition) is 7. The lowest BCUT2D eigenvalue weighted by atomic mass is 10.0. The van der Waals surface area contributed by atoms with Gasteiger partial charge in [-0.25, -0.2) is 18.7 Å². The van der Waals surface area contributed by atoms with E-state index in [0.29, 0.717) is 42.1 Å². The molecule has 0 spiro atoms. The Balaban J connectivity index is 1.57. The molecule has 3 heterocycles. The third-order valence-corrected chi connectivity index (χ3v) is 5.97. The number of alkyl halides is 5. The van der Waals surface area contributed by atoms with Crippen LogP contribution in [0.5, 0.6) is 0 Å². The van der Waals surface area contributed by atoms with E-state index in [4.69, 9.17) is 10.5 Å². The second-order valence-corrected chi connectivity index (χ2v) is 9.27. The topological polar surface area (TPSA) is 124 Å². The van der Waals surface area contributed by atoms with E-state index in [1.54, 1.807) is 18.2 Å². The molecule has 0 saturated carbocycles. The molecule has 4 aromatic rings. The Kier molecular flexibility index (Phi) is 9.18. The normalized spacial score (nSPS) is 12.7. The van der Waals surface area contributed by atoms with Crippen molar-refractivity contribution in [1.29, 1.82) is 0 Å². The Hall–Kier alpha value is -4.11. The minimum atomic E-state index is -4.87. The van der Waals surface area contributed by atoms with Gasteiger partial charge in [0.25, 0.3) is 12.3 Å². The first kappa shape index (κ1) is 29.9. The highest BCUT2D eigenvalue weighted by atomic mass is 19.4. The maximum absolute atomic E-state index is 13.7. The summed E-state index contributed by atoms with van der Waals surface area (Å²) in [6, 6.07) is 5.00. The maximum Gasteiger partial charge on any atom is 0.435 e. The van der Waals surface area contributed by atoms with Crippen molar-refractivity contribution in [2.75, 3.05) is 25.1 Å². The Bertz CT molecular complexity index is 1500. The molecule has 3 aromatic heterocycles. The number of aromatic nitrogens is 5. The summed E-state index contributed by atoms with van der Waals surface area (Å²) in [5.41, 5.74) is 5.95. The molecule has 1 atom stereocenters. The van der Waals surface area contributed by atoms with Crippen LogP contribution in [0.3, 0.4) is 0 Å². The van der Waals surface area contributed by atoms with Gasteiger partial charge in [-0.15, -0.1) is 0 Å². The summed E-state index contributed by atoms with van der Waals surface area (Å²) in [5, 5.41) is 9.25. The van der Waals surface area contributed by atoms with Crippen LogP contribution >= 0.6 is 0 Å². The van der Waals surface area contributed by atoms with Crippen molar-refractivity contribution in [2.24, 2.45) is 5.73 Å². The van der Waals surface area contributed by atoms with Gasteiger partial charge in [-0.05, 0) is 37.1 Å². The number of fused-ring (bicyclic) bond motifs is 1. The van der Waals surface area contributed by atoms with Crippen molar-refractivity contribution in [2.45, 2.75) is 45.5 Å². The first-order valence-electron chi connectivity index (χ1n) is 12.7. The van der Waals surface area contributed by atoms with Crippen molar-refractivity contribution >= 4 is 23.1 Å². The quantitative estimate of drug-likeness (QED) is 0.169. The smallest absolute Gasteiger partial charge is 0.378 e. The molecule has 1 amide bonds. The molecule has 220 valence electrons. The average Bonchev–Trinajstić information content (AvgIpc) is 3.52. The number of hydrogen-bond donors (Lipinski definition) is 3. The molecule has 10 nitrogen and oxygen atoms in total. The highest BCUT2D eigenvalue weighted by Gasteiger charge is 2.38. The Morgan fingerprint density at radius 1 is 1.22 bits per heavy atom. The number of halogens is 5. The molecule has 15 heteroatoms. The lowest BCUT2D eigenvalue weighted by Gasteiger charge is -2.13. The van der Waals surface area contributed by atoms with Crippen LogP contribution in [0.1, 0.15) is 35.5 Å².